The van der Waals surface area contributed by atoms with E-state index in [-0.39, 0.29) is 5.91 Å². The molecule has 4 nitrogen and oxygen atoms in total. The van der Waals surface area contributed by atoms with Crippen LogP contribution in [0.4, 0.5) is 11.4 Å². The Bertz CT molecular complexity index is 1410. The lowest BCUT2D eigenvalue weighted by Gasteiger charge is -2.60. The molecule has 4 heteroatoms. The van der Waals surface area contributed by atoms with Crippen LogP contribution in [0.5, 0.6) is 0 Å². The average molecular weight is 518 g/mol. The van der Waals surface area contributed by atoms with Crippen LogP contribution in [-0.2, 0) is 11.3 Å². The fourth-order valence-electron chi connectivity index (χ4n) is 9.31. The van der Waals surface area contributed by atoms with Gasteiger partial charge in [0.2, 0.25) is 5.91 Å². The highest BCUT2D eigenvalue weighted by molar-refractivity contribution is 6.03. The Labute approximate surface area is 232 Å². The molecule has 0 saturated heterocycles. The van der Waals surface area contributed by atoms with E-state index >= 15 is 0 Å². The van der Waals surface area contributed by atoms with Crippen molar-refractivity contribution in [3.63, 3.8) is 0 Å². The topological polar surface area (TPSA) is 58.4 Å². The Morgan fingerprint density at radius 3 is 2.54 bits per heavy atom. The van der Waals surface area contributed by atoms with Crippen LogP contribution in [0.3, 0.4) is 0 Å². The van der Waals surface area contributed by atoms with Crippen LogP contribution in [0.2, 0.25) is 0 Å². The SMILES string of the molecule is CN(Cc1ccc(/C=C/C(=O)Nc2ccc(-c3ccccc3)cc2N)cc1)CC12CC3CC4CC(C1)C2(C4)C3. The van der Waals surface area contributed by atoms with Gasteiger partial charge in [-0.1, -0.05) is 60.7 Å². The van der Waals surface area contributed by atoms with E-state index in [0.717, 1.165) is 41.0 Å². The summed E-state index contributed by atoms with van der Waals surface area (Å²) in [5.41, 5.74) is 13.2. The van der Waals surface area contributed by atoms with Gasteiger partial charge in [0.15, 0.2) is 0 Å². The normalized spacial score (nSPS) is 30.1. The van der Waals surface area contributed by atoms with Gasteiger partial charge in [-0.25, -0.2) is 0 Å². The molecule has 5 atom stereocenters. The molecule has 4 aliphatic rings. The fourth-order valence-corrected chi connectivity index (χ4v) is 9.31. The van der Waals surface area contributed by atoms with E-state index in [4.69, 9.17) is 5.73 Å². The minimum Gasteiger partial charge on any atom is -0.397 e. The largest absolute Gasteiger partial charge is 0.397 e. The molecular formula is C35H39N3O. The first-order valence-electron chi connectivity index (χ1n) is 14.6. The second-order valence-electron chi connectivity index (χ2n) is 13.1. The van der Waals surface area contributed by atoms with Gasteiger partial charge in [-0.15, -0.1) is 0 Å². The molecule has 5 unspecified atom stereocenters. The molecule has 4 fully saturated rings. The zero-order valence-electron chi connectivity index (χ0n) is 22.9. The molecule has 4 aliphatic carbocycles. The van der Waals surface area contributed by atoms with Gasteiger partial charge < -0.3 is 16.0 Å². The maximum absolute atomic E-state index is 12.6. The number of nitrogens with zero attached hydrogens (tertiary/aromatic N) is 1. The van der Waals surface area contributed by atoms with E-state index < -0.39 is 0 Å². The van der Waals surface area contributed by atoms with Crippen LogP contribution in [0.15, 0.2) is 78.9 Å². The number of nitrogens with one attached hydrogen (secondary N) is 1. The van der Waals surface area contributed by atoms with Crippen LogP contribution in [0, 0.1) is 28.6 Å². The van der Waals surface area contributed by atoms with Crippen molar-refractivity contribution in [3.05, 3.63) is 90.0 Å². The summed E-state index contributed by atoms with van der Waals surface area (Å²) >= 11 is 0. The first kappa shape index (κ1) is 24.7. The molecule has 1 spiro atoms. The van der Waals surface area contributed by atoms with Gasteiger partial charge in [0.05, 0.1) is 11.4 Å². The third kappa shape index (κ3) is 4.30. The predicted molar refractivity (Wildman–Crippen MR) is 160 cm³/mol. The van der Waals surface area contributed by atoms with Gasteiger partial charge in [0.1, 0.15) is 0 Å². The van der Waals surface area contributed by atoms with E-state index in [1.807, 2.05) is 54.6 Å². The number of nitrogens with two attached hydrogens (primary N) is 1. The van der Waals surface area contributed by atoms with Gasteiger partial charge in [0, 0.05) is 19.2 Å². The smallest absolute Gasteiger partial charge is 0.248 e. The zero-order chi connectivity index (χ0) is 26.6. The van der Waals surface area contributed by atoms with E-state index in [0.29, 0.717) is 22.2 Å². The van der Waals surface area contributed by atoms with Crippen LogP contribution >= 0.6 is 0 Å². The molecule has 3 aromatic carbocycles. The van der Waals surface area contributed by atoms with Crippen molar-refractivity contribution in [2.24, 2.45) is 28.6 Å². The number of nitrogen functional groups attached to an aromatic ring is 1. The monoisotopic (exact) mass is 517 g/mol. The second-order valence-corrected chi connectivity index (χ2v) is 13.1. The Kier molecular flexibility index (Phi) is 5.93. The van der Waals surface area contributed by atoms with Gasteiger partial charge >= 0.3 is 0 Å². The average Bonchev–Trinajstić information content (AvgIpc) is 3.24. The number of hydrogen-bond donors (Lipinski definition) is 2. The molecule has 39 heavy (non-hydrogen) atoms. The zero-order valence-corrected chi connectivity index (χ0v) is 22.9. The van der Waals surface area contributed by atoms with Crippen molar-refractivity contribution in [1.82, 2.24) is 4.90 Å². The van der Waals surface area contributed by atoms with Crippen molar-refractivity contribution < 1.29 is 4.79 Å². The van der Waals surface area contributed by atoms with Crippen molar-refractivity contribution >= 4 is 23.4 Å². The Morgan fingerprint density at radius 1 is 0.949 bits per heavy atom. The summed E-state index contributed by atoms with van der Waals surface area (Å²) in [5, 5.41) is 2.91. The molecule has 0 radical (unpaired) electrons. The quantitative estimate of drug-likeness (QED) is 0.245. The maximum atomic E-state index is 12.6. The van der Waals surface area contributed by atoms with Crippen molar-refractivity contribution in [2.75, 3.05) is 24.6 Å². The number of carbonyl (C=O) groups is 1. The minimum atomic E-state index is -0.189. The number of hydrogen-bond acceptors (Lipinski definition) is 3. The maximum Gasteiger partial charge on any atom is 0.248 e. The van der Waals surface area contributed by atoms with E-state index in [1.54, 1.807) is 6.08 Å². The van der Waals surface area contributed by atoms with Crippen molar-refractivity contribution in [1.29, 1.82) is 0 Å². The van der Waals surface area contributed by atoms with Crippen molar-refractivity contribution in [2.45, 2.75) is 45.1 Å². The second kappa shape index (κ2) is 9.38. The summed E-state index contributed by atoms with van der Waals surface area (Å²) in [4.78, 5) is 15.2. The van der Waals surface area contributed by atoms with Crippen LogP contribution in [0.25, 0.3) is 17.2 Å². The lowest BCUT2D eigenvalue weighted by molar-refractivity contribution is -0.115. The summed E-state index contributed by atoms with van der Waals surface area (Å²) < 4.78 is 0. The summed E-state index contributed by atoms with van der Waals surface area (Å²) in [6, 6.07) is 24.4. The van der Waals surface area contributed by atoms with E-state index in [1.165, 1.54) is 50.6 Å². The van der Waals surface area contributed by atoms with Crippen LogP contribution < -0.4 is 11.1 Å². The number of fused-ring (bicyclic) bond motifs is 2. The molecule has 0 heterocycles. The van der Waals surface area contributed by atoms with Crippen LogP contribution in [0.1, 0.15) is 49.7 Å². The molecular weight excluding hydrogens is 478 g/mol. The lowest BCUT2D eigenvalue weighted by atomic mass is 9.46. The van der Waals surface area contributed by atoms with Gasteiger partial charge in [-0.2, -0.15) is 0 Å². The summed E-state index contributed by atoms with van der Waals surface area (Å²) in [6.45, 7) is 2.24. The number of amides is 1. The summed E-state index contributed by atoms with van der Waals surface area (Å²) in [7, 11) is 2.31. The van der Waals surface area contributed by atoms with E-state index in [2.05, 4.69) is 41.5 Å². The van der Waals surface area contributed by atoms with E-state index in [9.17, 15) is 4.79 Å². The molecule has 0 aliphatic heterocycles. The highest BCUT2D eigenvalue weighted by Gasteiger charge is 2.73. The van der Waals surface area contributed by atoms with Gasteiger partial charge in [-0.05, 0) is 115 Å². The molecule has 3 bridgehead atoms. The molecule has 200 valence electrons. The lowest BCUT2D eigenvalue weighted by Crippen LogP contribution is -2.56. The Hall–Kier alpha value is -3.37. The fraction of sp³-hybridized carbons (Fsp3) is 0.400. The molecule has 3 aromatic rings. The summed E-state index contributed by atoms with van der Waals surface area (Å²) in [5.74, 6) is 2.91. The number of anilines is 2. The number of benzene rings is 3. The molecule has 3 N–H and O–H groups in total. The molecule has 7 rings (SSSR count). The van der Waals surface area contributed by atoms with Crippen molar-refractivity contribution in [3.8, 4) is 11.1 Å². The molecule has 4 saturated carbocycles. The third-order valence-corrected chi connectivity index (χ3v) is 10.6. The first-order chi connectivity index (χ1) is 18.9. The first-order valence-corrected chi connectivity index (χ1v) is 14.6. The predicted octanol–water partition coefficient (Wildman–Crippen LogP) is 7.24. The molecule has 1 amide bonds. The highest BCUT2D eigenvalue weighted by atomic mass is 16.1. The van der Waals surface area contributed by atoms with Gasteiger partial charge in [-0.3, -0.25) is 4.79 Å². The third-order valence-electron chi connectivity index (χ3n) is 10.6. The number of rotatable bonds is 8. The Morgan fingerprint density at radius 2 is 1.74 bits per heavy atom. The van der Waals surface area contributed by atoms with Gasteiger partial charge in [0.25, 0.3) is 0 Å². The number of carbonyl (C=O) groups excluding carboxylic acids is 1. The minimum absolute atomic E-state index is 0.189. The standard InChI is InChI=1S/C35H39N3O/c1-38(23-34-18-27-15-26-16-30(21-34)35(34,19-26)20-27)22-25-9-7-24(8-10-25)11-14-33(39)37-32-13-12-29(17-31(32)36)28-5-3-2-4-6-28/h2-14,17,26-27,30H,15-16,18-23,36H2,1H3,(H,37,39)/b14-11+. The Balaban J connectivity index is 0.937. The summed E-state index contributed by atoms with van der Waals surface area (Å²) in [6.07, 6.45) is 12.5. The molecule has 0 aromatic heterocycles. The van der Waals surface area contributed by atoms with Crippen LogP contribution in [-0.4, -0.2) is 24.4 Å². The highest BCUT2D eigenvalue weighted by Crippen LogP contribution is 2.81.